The number of imidazole rings is 1. The first-order chi connectivity index (χ1) is 11.3. The van der Waals surface area contributed by atoms with Crippen LogP contribution in [0.1, 0.15) is 46.5 Å². The van der Waals surface area contributed by atoms with Crippen LogP contribution in [0.15, 0.2) is 12.3 Å². The van der Waals surface area contributed by atoms with Crippen molar-refractivity contribution in [2.45, 2.75) is 31.9 Å². The van der Waals surface area contributed by atoms with Crippen LogP contribution in [-0.2, 0) is 13.2 Å². The average molecular weight is 341 g/mol. The third-order valence-electron chi connectivity index (χ3n) is 4.22. The van der Waals surface area contributed by atoms with Gasteiger partial charge in [-0.3, -0.25) is 9.48 Å². The van der Waals surface area contributed by atoms with E-state index in [1.807, 2.05) is 0 Å². The summed E-state index contributed by atoms with van der Waals surface area (Å²) in [5, 5.41) is 4.16. The Bertz CT molecular complexity index is 749. The highest BCUT2D eigenvalue weighted by atomic mass is 19.4. The molecular formula is C15H18F3N5O. The molecule has 24 heavy (non-hydrogen) atoms. The number of rotatable bonds is 2. The molecular weight excluding hydrogens is 323 g/mol. The molecule has 1 aliphatic heterocycles. The Hall–Kier alpha value is -2.32. The maximum atomic E-state index is 12.7. The smallest absolute Gasteiger partial charge is 0.338 e. The first-order valence-electron chi connectivity index (χ1n) is 7.67. The van der Waals surface area contributed by atoms with Gasteiger partial charge in [0.1, 0.15) is 17.2 Å². The van der Waals surface area contributed by atoms with Crippen LogP contribution in [0.5, 0.6) is 0 Å². The second-order valence-electron chi connectivity index (χ2n) is 6.06. The van der Waals surface area contributed by atoms with Gasteiger partial charge in [-0.05, 0) is 25.8 Å². The van der Waals surface area contributed by atoms with Crippen molar-refractivity contribution in [1.82, 2.24) is 24.6 Å². The number of aryl methyl sites for hydroxylation is 2. The Labute approximate surface area is 136 Å². The molecule has 3 rings (SSSR count). The molecule has 130 valence electrons. The van der Waals surface area contributed by atoms with E-state index in [1.165, 1.54) is 4.68 Å². The van der Waals surface area contributed by atoms with Crippen molar-refractivity contribution in [3.63, 3.8) is 0 Å². The number of nitrogens with zero attached hydrogens (tertiary/aromatic N) is 4. The largest absolute Gasteiger partial charge is 0.432 e. The highest BCUT2D eigenvalue weighted by Gasteiger charge is 2.35. The summed E-state index contributed by atoms with van der Waals surface area (Å²) >= 11 is 0. The molecule has 1 amide bonds. The molecule has 1 atom stereocenters. The van der Waals surface area contributed by atoms with Crippen LogP contribution < -0.4 is 0 Å². The zero-order valence-corrected chi connectivity index (χ0v) is 13.4. The van der Waals surface area contributed by atoms with Crippen LogP contribution >= 0.6 is 0 Å². The topological polar surface area (TPSA) is 66.8 Å². The molecule has 0 aliphatic carbocycles. The maximum absolute atomic E-state index is 12.7. The molecule has 1 saturated heterocycles. The van der Waals surface area contributed by atoms with E-state index in [0.29, 0.717) is 25.2 Å². The maximum Gasteiger partial charge on any atom is 0.432 e. The van der Waals surface area contributed by atoms with Gasteiger partial charge in [0.25, 0.3) is 5.91 Å². The van der Waals surface area contributed by atoms with E-state index in [1.54, 1.807) is 24.9 Å². The van der Waals surface area contributed by atoms with Crippen molar-refractivity contribution >= 4 is 5.91 Å². The van der Waals surface area contributed by atoms with E-state index >= 15 is 0 Å². The number of alkyl halides is 3. The molecule has 9 heteroatoms. The van der Waals surface area contributed by atoms with E-state index in [2.05, 4.69) is 15.1 Å². The molecule has 0 spiro atoms. The Kier molecular flexibility index (Phi) is 4.10. The lowest BCUT2D eigenvalue weighted by atomic mass is 9.97. The molecule has 3 heterocycles. The van der Waals surface area contributed by atoms with Gasteiger partial charge >= 0.3 is 6.18 Å². The quantitative estimate of drug-likeness (QED) is 0.913. The lowest BCUT2D eigenvalue weighted by Crippen LogP contribution is -2.40. The van der Waals surface area contributed by atoms with Crippen molar-refractivity contribution in [3.8, 4) is 0 Å². The second-order valence-corrected chi connectivity index (χ2v) is 6.06. The summed E-state index contributed by atoms with van der Waals surface area (Å²) in [7, 11) is 1.70. The molecule has 0 radical (unpaired) electrons. The molecule has 0 aromatic carbocycles. The van der Waals surface area contributed by atoms with E-state index in [9.17, 15) is 18.0 Å². The van der Waals surface area contributed by atoms with Crippen LogP contribution in [0, 0.1) is 6.92 Å². The summed E-state index contributed by atoms with van der Waals surface area (Å²) in [4.78, 5) is 20.5. The molecule has 1 fully saturated rings. The summed E-state index contributed by atoms with van der Waals surface area (Å²) in [5.41, 5.74) is 0.363. The van der Waals surface area contributed by atoms with Crippen LogP contribution in [0.25, 0.3) is 0 Å². The van der Waals surface area contributed by atoms with E-state index in [4.69, 9.17) is 0 Å². The summed E-state index contributed by atoms with van der Waals surface area (Å²) in [6.07, 6.45) is -2.23. The number of hydrogen-bond acceptors (Lipinski definition) is 3. The number of aromatic amines is 1. The van der Waals surface area contributed by atoms with Gasteiger partial charge < -0.3 is 9.88 Å². The second kappa shape index (κ2) is 5.95. The van der Waals surface area contributed by atoms with Gasteiger partial charge in [-0.2, -0.15) is 18.3 Å². The van der Waals surface area contributed by atoms with E-state index < -0.39 is 11.9 Å². The number of hydrogen-bond donors (Lipinski definition) is 1. The Morgan fingerprint density at radius 2 is 2.17 bits per heavy atom. The van der Waals surface area contributed by atoms with E-state index in [-0.39, 0.29) is 17.6 Å². The normalized spacial score (nSPS) is 18.9. The Morgan fingerprint density at radius 3 is 2.75 bits per heavy atom. The number of piperidine rings is 1. The standard InChI is InChI=1S/C15H18F3N5O/c1-9-6-11(22(2)21-9)14(24)23-5-3-4-10(8-23)13-19-7-12(20-13)15(16,17)18/h6-7,10H,3-5,8H2,1-2H3,(H,19,20). The zero-order valence-electron chi connectivity index (χ0n) is 13.4. The molecule has 1 unspecified atom stereocenters. The van der Waals surface area contributed by atoms with Gasteiger partial charge in [-0.1, -0.05) is 0 Å². The van der Waals surface area contributed by atoms with Gasteiger partial charge in [0.2, 0.25) is 0 Å². The predicted octanol–water partition coefficient (Wildman–Crippen LogP) is 2.49. The summed E-state index contributed by atoms with van der Waals surface area (Å²) < 4.78 is 39.6. The summed E-state index contributed by atoms with van der Waals surface area (Å²) in [6, 6.07) is 1.71. The Balaban J connectivity index is 1.76. The minimum absolute atomic E-state index is 0.162. The van der Waals surface area contributed by atoms with E-state index in [0.717, 1.165) is 18.3 Å². The molecule has 0 saturated carbocycles. The zero-order chi connectivity index (χ0) is 17.5. The van der Waals surface area contributed by atoms with Gasteiger partial charge in [0, 0.05) is 26.1 Å². The van der Waals surface area contributed by atoms with Gasteiger partial charge in [-0.25, -0.2) is 4.98 Å². The monoisotopic (exact) mass is 341 g/mol. The minimum Gasteiger partial charge on any atom is -0.338 e. The van der Waals surface area contributed by atoms with Gasteiger partial charge in [-0.15, -0.1) is 0 Å². The van der Waals surface area contributed by atoms with Crippen molar-refractivity contribution in [1.29, 1.82) is 0 Å². The minimum atomic E-state index is -4.44. The first kappa shape index (κ1) is 16.5. The lowest BCUT2D eigenvalue weighted by molar-refractivity contribution is -0.141. The molecule has 2 aromatic heterocycles. The number of halogens is 3. The van der Waals surface area contributed by atoms with Gasteiger partial charge in [0.05, 0.1) is 11.9 Å². The summed E-state index contributed by atoms with van der Waals surface area (Å²) in [6.45, 7) is 2.72. The highest BCUT2D eigenvalue weighted by molar-refractivity contribution is 5.92. The third-order valence-corrected chi connectivity index (χ3v) is 4.22. The highest BCUT2D eigenvalue weighted by Crippen LogP contribution is 2.31. The number of likely N-dealkylation sites (tertiary alicyclic amines) is 1. The third kappa shape index (κ3) is 3.15. The summed E-state index contributed by atoms with van der Waals surface area (Å²) in [5.74, 6) is -0.112. The average Bonchev–Trinajstić information content (AvgIpc) is 3.13. The SMILES string of the molecule is Cc1cc(C(=O)N2CCCC(c3ncc(C(F)(F)F)[nH]3)C2)n(C)n1. The first-order valence-corrected chi connectivity index (χ1v) is 7.67. The number of amides is 1. The van der Waals surface area contributed by atoms with Crippen molar-refractivity contribution in [2.24, 2.45) is 7.05 Å². The van der Waals surface area contributed by atoms with Crippen molar-refractivity contribution in [3.05, 3.63) is 35.2 Å². The fourth-order valence-corrected chi connectivity index (χ4v) is 3.05. The van der Waals surface area contributed by atoms with Crippen LogP contribution in [0.2, 0.25) is 0 Å². The number of carbonyl (C=O) groups is 1. The molecule has 1 N–H and O–H groups in total. The number of aromatic nitrogens is 4. The van der Waals surface area contributed by atoms with Crippen LogP contribution in [-0.4, -0.2) is 43.6 Å². The molecule has 6 nitrogen and oxygen atoms in total. The fraction of sp³-hybridized carbons (Fsp3) is 0.533. The van der Waals surface area contributed by atoms with Crippen molar-refractivity contribution < 1.29 is 18.0 Å². The van der Waals surface area contributed by atoms with Crippen LogP contribution in [0.4, 0.5) is 13.2 Å². The number of nitrogens with one attached hydrogen (secondary N) is 1. The predicted molar refractivity (Wildman–Crippen MR) is 79.4 cm³/mol. The molecule has 1 aliphatic rings. The fourth-order valence-electron chi connectivity index (χ4n) is 3.05. The molecule has 2 aromatic rings. The number of H-pyrrole nitrogens is 1. The van der Waals surface area contributed by atoms with Crippen molar-refractivity contribution in [2.75, 3.05) is 13.1 Å². The van der Waals surface area contributed by atoms with Crippen LogP contribution in [0.3, 0.4) is 0 Å². The van der Waals surface area contributed by atoms with Gasteiger partial charge in [0.15, 0.2) is 0 Å². The Morgan fingerprint density at radius 1 is 1.42 bits per heavy atom. The molecule has 0 bridgehead atoms. The lowest BCUT2D eigenvalue weighted by Gasteiger charge is -2.31. The number of carbonyl (C=O) groups excluding carboxylic acids is 1.